The van der Waals surface area contributed by atoms with Crippen molar-refractivity contribution < 1.29 is 60.3 Å². The van der Waals surface area contributed by atoms with Gasteiger partial charge in [-0.2, -0.15) is 0 Å². The first-order valence-electron chi connectivity index (χ1n) is 39.3. The van der Waals surface area contributed by atoms with E-state index in [1.54, 1.807) is 23.8 Å². The van der Waals surface area contributed by atoms with Crippen molar-refractivity contribution in [1.82, 2.24) is 39.0 Å². The van der Waals surface area contributed by atoms with Crippen LogP contribution >= 0.6 is 0 Å². The van der Waals surface area contributed by atoms with Gasteiger partial charge in [-0.15, -0.1) is 184 Å². The van der Waals surface area contributed by atoms with Crippen LogP contribution in [0.25, 0.3) is 128 Å². The summed E-state index contributed by atoms with van der Waals surface area (Å²) in [7, 11) is -5.80. The quantitative estimate of drug-likeness (QED) is 0.0947. The Kier molecular flexibility index (Phi) is 29.8. The minimum Gasteiger partial charge on any atom is -0.381 e. The van der Waals surface area contributed by atoms with E-state index in [4.69, 9.17) is 4.98 Å². The third-order valence-electron chi connectivity index (χ3n) is 20.8. The van der Waals surface area contributed by atoms with Crippen LogP contribution in [0.1, 0.15) is 6.92 Å². The van der Waals surface area contributed by atoms with E-state index in [2.05, 4.69) is 325 Å². The Balaban J connectivity index is 0.000000143. The Labute approximate surface area is 741 Å². The SMILES string of the molecule is CCn1c2c[c-]c(-c3ncccc3[Si](C)(C)C)cc2c2ccccc21.C[Si](C)(C)c1ccnc(-c2[c-]cc3c(c2)-c2ccccc2[Si]3(C)C)c1.C[Si](C)(C)c1ccnc(-c2[c-]cc3c(c2)c2ccccc2n3-c2ccccc2)c1.[Ir].[Ir].[Ir].[c-]1ccccc1-c1ccccn1.[c-]1ccccc1-c1ccccn1.[c-]1ccccc1-c1ccccn1. The minimum atomic E-state index is -1.59. The van der Waals surface area contributed by atoms with E-state index in [0.717, 1.165) is 74.1 Å². The first kappa shape index (κ1) is 88.3. The fourth-order valence-corrected chi connectivity index (χ4v) is 21.5. The molecular weight excluding hydrogens is 2040 g/mol. The number of nitrogens with zero attached hydrogens (tertiary/aromatic N) is 8. The molecule has 15 heteroatoms. The van der Waals surface area contributed by atoms with Crippen LogP contribution in [0.5, 0.6) is 0 Å². The van der Waals surface area contributed by atoms with Crippen molar-refractivity contribution >= 4 is 102 Å². The number of para-hydroxylation sites is 3. The van der Waals surface area contributed by atoms with Crippen molar-refractivity contribution in [2.45, 2.75) is 85.5 Å². The number of fused-ring (bicyclic) bond motifs is 9. The van der Waals surface area contributed by atoms with E-state index in [9.17, 15) is 0 Å². The van der Waals surface area contributed by atoms with E-state index >= 15 is 0 Å². The second-order valence-corrected chi connectivity index (χ2v) is 51.6. The monoisotopic (exact) mass is 2130 g/mol. The van der Waals surface area contributed by atoms with E-state index in [1.165, 1.54) is 81.2 Å². The molecule has 0 amide bonds. The first-order chi connectivity index (χ1) is 55.7. The van der Waals surface area contributed by atoms with Crippen LogP contribution in [0, 0.1) is 36.4 Å². The predicted molar refractivity (Wildman–Crippen MR) is 495 cm³/mol. The molecule has 0 aliphatic carbocycles. The van der Waals surface area contributed by atoms with E-state index in [0.29, 0.717) is 0 Å². The molecule has 0 fully saturated rings. The zero-order valence-electron chi connectivity index (χ0n) is 68.6. The van der Waals surface area contributed by atoms with E-state index in [-0.39, 0.29) is 60.3 Å². The number of pyridine rings is 6. The molecular formula is C103H94Ir3N8Si4-6. The maximum Gasteiger partial charge on any atom is 0.0767 e. The largest absolute Gasteiger partial charge is 0.381 e. The Hall–Kier alpha value is -10.5. The molecule has 8 aromatic heterocycles. The third-order valence-corrected chi connectivity index (χ3v) is 30.4. The van der Waals surface area contributed by atoms with Crippen molar-refractivity contribution in [3.8, 4) is 84.4 Å². The topological polar surface area (TPSA) is 87.2 Å². The number of aryl methyl sites for hydroxylation is 1. The first-order valence-corrected chi connectivity index (χ1v) is 52.8. The molecule has 1 aliphatic heterocycles. The molecule has 19 rings (SSSR count). The second kappa shape index (κ2) is 39.8. The normalized spacial score (nSPS) is 11.6. The average Bonchev–Trinajstić information content (AvgIpc) is 1.59. The predicted octanol–water partition coefficient (Wildman–Crippen LogP) is 22.9. The molecule has 9 heterocycles. The summed E-state index contributed by atoms with van der Waals surface area (Å²) in [4.78, 5) is 26.7. The molecule has 595 valence electrons. The standard InChI is InChI=1S/C26H23N2Si.C22H23N2Si.C22H24NSi2.3C11H8N.3Ir/c1-29(2,3)21-15-16-27-24(18-21)19-13-14-26-23(17-19)22-11-7-8-12-25(22)28(26)20-9-5-4-6-10-20;1-5-24-19-10-7-6-9-17(19)18-15-16(12-13-20(18)24)22-21(25(2,3)4)11-8-14-23-22;1-24(2,3)17-12-13-23-20(15-17)16-10-11-22-19(14-16)18-8-6-7-9-21(18)25(22,4)5;3*1-2-6-10(7-3-1)11-8-4-5-9-12-11;;;/h4-12,14-18H,1-3H3;6-11,13-15H,5H2,1-4H3;6-9,11-15H,1-5H3;3*1-6,8-9H;;;/q6*-1;;;. The zero-order chi connectivity index (χ0) is 80.1. The summed E-state index contributed by atoms with van der Waals surface area (Å²) >= 11 is 0. The molecule has 8 nitrogen and oxygen atoms in total. The summed E-state index contributed by atoms with van der Waals surface area (Å²) in [5.41, 5.74) is 21.3. The van der Waals surface area contributed by atoms with Crippen LogP contribution in [0.4, 0.5) is 0 Å². The maximum atomic E-state index is 4.73. The van der Waals surface area contributed by atoms with Gasteiger partial charge in [0.2, 0.25) is 0 Å². The molecule has 0 saturated heterocycles. The summed E-state index contributed by atoms with van der Waals surface area (Å²) in [5.74, 6) is 0. The smallest absolute Gasteiger partial charge is 0.0767 e. The molecule has 0 unspecified atom stereocenters. The van der Waals surface area contributed by atoms with Crippen molar-refractivity contribution in [1.29, 1.82) is 0 Å². The number of rotatable bonds is 11. The van der Waals surface area contributed by atoms with Crippen LogP contribution in [-0.2, 0) is 66.9 Å². The van der Waals surface area contributed by atoms with Gasteiger partial charge in [-0.25, -0.2) is 0 Å². The van der Waals surface area contributed by atoms with Crippen molar-refractivity contribution in [3.05, 3.63) is 377 Å². The van der Waals surface area contributed by atoms with Gasteiger partial charge in [-0.1, -0.05) is 243 Å². The Bertz CT molecular complexity index is 6010. The molecule has 0 N–H and O–H groups in total. The molecule has 0 bridgehead atoms. The summed E-state index contributed by atoms with van der Waals surface area (Å²) < 4.78 is 4.68. The summed E-state index contributed by atoms with van der Waals surface area (Å²) in [6.45, 7) is 29.4. The van der Waals surface area contributed by atoms with Gasteiger partial charge in [0.15, 0.2) is 0 Å². The zero-order valence-corrected chi connectivity index (χ0v) is 79.8. The van der Waals surface area contributed by atoms with Crippen LogP contribution in [0.3, 0.4) is 0 Å². The van der Waals surface area contributed by atoms with Gasteiger partial charge in [0.05, 0.1) is 32.3 Å². The number of hydrogen-bond acceptors (Lipinski definition) is 6. The van der Waals surface area contributed by atoms with E-state index in [1.807, 2.05) is 146 Å². The summed E-state index contributed by atoms with van der Waals surface area (Å²) in [6.07, 6.45) is 11.2. The van der Waals surface area contributed by atoms with Crippen LogP contribution in [0.15, 0.2) is 340 Å². The van der Waals surface area contributed by atoms with Crippen LogP contribution in [-0.4, -0.2) is 71.3 Å². The minimum absolute atomic E-state index is 0. The Morgan fingerprint density at radius 2 is 0.737 bits per heavy atom. The van der Waals surface area contributed by atoms with Crippen molar-refractivity contribution in [3.63, 3.8) is 0 Å². The average molecular weight is 2130 g/mol. The molecule has 18 aromatic rings. The van der Waals surface area contributed by atoms with Gasteiger partial charge < -0.3 is 39.0 Å². The molecule has 118 heavy (non-hydrogen) atoms. The van der Waals surface area contributed by atoms with Crippen LogP contribution in [0.2, 0.25) is 72.0 Å². The molecule has 1 aliphatic rings. The van der Waals surface area contributed by atoms with Gasteiger partial charge >= 0.3 is 0 Å². The fraction of sp³-hybridized carbons (Fsp3) is 0.126. The van der Waals surface area contributed by atoms with Crippen molar-refractivity contribution in [2.75, 3.05) is 0 Å². The van der Waals surface area contributed by atoms with E-state index < -0.39 is 32.3 Å². The van der Waals surface area contributed by atoms with Crippen LogP contribution < -0.4 is 25.9 Å². The Morgan fingerprint density at radius 3 is 1.25 bits per heavy atom. The fourth-order valence-electron chi connectivity index (χ4n) is 14.7. The van der Waals surface area contributed by atoms with Gasteiger partial charge in [0.1, 0.15) is 0 Å². The molecule has 3 radical (unpaired) electrons. The molecule has 0 atom stereocenters. The second-order valence-electron chi connectivity index (χ2n) is 32.1. The summed E-state index contributed by atoms with van der Waals surface area (Å²) in [5, 5.41) is 12.4. The summed E-state index contributed by atoms with van der Waals surface area (Å²) in [6, 6.07) is 124. The van der Waals surface area contributed by atoms with Gasteiger partial charge in [-0.05, 0) is 129 Å². The molecule has 0 saturated carbocycles. The van der Waals surface area contributed by atoms with Gasteiger partial charge in [-0.3, -0.25) is 0 Å². The molecule has 10 aromatic carbocycles. The van der Waals surface area contributed by atoms with Gasteiger partial charge in [0, 0.05) is 121 Å². The van der Waals surface area contributed by atoms with Crippen molar-refractivity contribution in [2.24, 2.45) is 0 Å². The number of hydrogen-bond donors (Lipinski definition) is 0. The van der Waals surface area contributed by atoms with Gasteiger partial charge in [0.25, 0.3) is 0 Å². The number of benzene rings is 10. The molecule has 0 spiro atoms. The maximum absolute atomic E-state index is 4.73. The third kappa shape index (κ3) is 20.6. The number of aromatic nitrogens is 8. The Morgan fingerprint density at radius 1 is 0.305 bits per heavy atom.